The van der Waals surface area contributed by atoms with Gasteiger partial charge < -0.3 is 15.4 Å². The first kappa shape index (κ1) is 15.9. The van der Waals surface area contributed by atoms with Gasteiger partial charge in [0.2, 0.25) is 0 Å². The lowest BCUT2D eigenvalue weighted by atomic mass is 10.1. The monoisotopic (exact) mass is 336 g/mol. The van der Waals surface area contributed by atoms with E-state index in [0.717, 1.165) is 6.07 Å². The van der Waals surface area contributed by atoms with Gasteiger partial charge in [-0.3, -0.25) is 9.59 Å². The Labute approximate surface area is 134 Å². The molecule has 0 fully saturated rings. The van der Waals surface area contributed by atoms with Gasteiger partial charge in [0.15, 0.2) is 12.4 Å². The Kier molecular flexibility index (Phi) is 3.88. The average molecular weight is 336 g/mol. The third kappa shape index (κ3) is 3.03. The van der Waals surface area contributed by atoms with Crippen molar-refractivity contribution >= 4 is 23.2 Å². The largest absolute Gasteiger partial charge is 0.481 e. The van der Waals surface area contributed by atoms with Gasteiger partial charge in [0, 0.05) is 0 Å². The van der Waals surface area contributed by atoms with Crippen LogP contribution in [0.2, 0.25) is 0 Å². The molecule has 0 atom stereocenters. The molecule has 0 spiro atoms. The molecule has 0 unspecified atom stereocenters. The van der Waals surface area contributed by atoms with Crippen LogP contribution in [-0.2, 0) is 11.0 Å². The molecule has 2 aromatic rings. The third-order valence-electron chi connectivity index (χ3n) is 3.36. The first-order valence-electron chi connectivity index (χ1n) is 6.89. The molecular weight excluding hydrogens is 325 g/mol. The van der Waals surface area contributed by atoms with Gasteiger partial charge in [-0.25, -0.2) is 0 Å². The summed E-state index contributed by atoms with van der Waals surface area (Å²) in [5, 5.41) is 4.77. The zero-order valence-electron chi connectivity index (χ0n) is 12.1. The molecule has 1 heterocycles. The zero-order valence-corrected chi connectivity index (χ0v) is 12.1. The van der Waals surface area contributed by atoms with Gasteiger partial charge in [-0.1, -0.05) is 18.2 Å². The Bertz CT molecular complexity index is 818. The fraction of sp³-hybridized carbons (Fsp3) is 0.125. The molecule has 0 radical (unpaired) electrons. The molecule has 24 heavy (non-hydrogen) atoms. The van der Waals surface area contributed by atoms with E-state index in [1.807, 2.05) is 0 Å². The second kappa shape index (κ2) is 5.88. The highest BCUT2D eigenvalue weighted by Crippen LogP contribution is 2.36. The first-order chi connectivity index (χ1) is 11.4. The topological polar surface area (TPSA) is 67.4 Å². The summed E-state index contributed by atoms with van der Waals surface area (Å²) in [7, 11) is 0. The standard InChI is InChI=1S/C16H11F3N2O3/c17-16(18,19)10-5-1-2-6-11(10)21-15(23)9-4-3-7-12-14(9)24-8-13(22)20-12/h1-7H,8H2,(H,20,22)(H,21,23). The van der Waals surface area contributed by atoms with Crippen LogP contribution in [-0.4, -0.2) is 18.4 Å². The second-order valence-electron chi connectivity index (χ2n) is 5.02. The highest BCUT2D eigenvalue weighted by atomic mass is 19.4. The lowest BCUT2D eigenvalue weighted by molar-refractivity contribution is -0.136. The molecule has 5 nitrogen and oxygen atoms in total. The number of carbonyl (C=O) groups is 2. The Balaban J connectivity index is 1.93. The maximum absolute atomic E-state index is 13.0. The van der Waals surface area contributed by atoms with Gasteiger partial charge in [-0.15, -0.1) is 0 Å². The smallest absolute Gasteiger partial charge is 0.418 e. The van der Waals surface area contributed by atoms with Crippen molar-refractivity contribution in [2.75, 3.05) is 17.2 Å². The van der Waals surface area contributed by atoms with Gasteiger partial charge in [0.1, 0.15) is 0 Å². The van der Waals surface area contributed by atoms with Crippen molar-refractivity contribution in [1.29, 1.82) is 0 Å². The summed E-state index contributed by atoms with van der Waals surface area (Å²) in [6, 6.07) is 9.11. The van der Waals surface area contributed by atoms with Crippen LogP contribution in [0.25, 0.3) is 0 Å². The van der Waals surface area contributed by atoms with Crippen LogP contribution in [0, 0.1) is 0 Å². The predicted octanol–water partition coefficient (Wildman–Crippen LogP) is 3.29. The van der Waals surface area contributed by atoms with Gasteiger partial charge in [0.25, 0.3) is 11.8 Å². The Hall–Kier alpha value is -3.03. The predicted molar refractivity (Wildman–Crippen MR) is 80.0 cm³/mol. The van der Waals surface area contributed by atoms with Crippen LogP contribution in [0.4, 0.5) is 24.5 Å². The minimum Gasteiger partial charge on any atom is -0.481 e. The number of fused-ring (bicyclic) bond motifs is 1. The van der Waals surface area contributed by atoms with Gasteiger partial charge >= 0.3 is 6.18 Å². The van der Waals surface area contributed by atoms with Crippen LogP contribution in [0.15, 0.2) is 42.5 Å². The normalized spacial score (nSPS) is 13.5. The number of hydrogen-bond donors (Lipinski definition) is 2. The van der Waals surface area contributed by atoms with Crippen molar-refractivity contribution in [3.63, 3.8) is 0 Å². The summed E-state index contributed by atoms with van der Waals surface area (Å²) >= 11 is 0. The van der Waals surface area contributed by atoms with E-state index in [9.17, 15) is 22.8 Å². The van der Waals surface area contributed by atoms with E-state index < -0.39 is 17.6 Å². The van der Waals surface area contributed by atoms with Crippen molar-refractivity contribution in [3.05, 3.63) is 53.6 Å². The molecule has 0 saturated heterocycles. The third-order valence-corrected chi connectivity index (χ3v) is 3.36. The Morgan fingerprint density at radius 3 is 2.62 bits per heavy atom. The average Bonchev–Trinajstić information content (AvgIpc) is 2.53. The number of halogens is 3. The molecule has 2 amide bonds. The summed E-state index contributed by atoms with van der Waals surface area (Å²) in [4.78, 5) is 23.7. The summed E-state index contributed by atoms with van der Waals surface area (Å²) in [5.41, 5.74) is -0.975. The molecule has 2 N–H and O–H groups in total. The molecule has 1 aliphatic heterocycles. The number of anilines is 2. The Morgan fingerprint density at radius 1 is 1.12 bits per heavy atom. The number of hydrogen-bond acceptors (Lipinski definition) is 3. The van der Waals surface area contributed by atoms with Crippen molar-refractivity contribution < 1.29 is 27.5 Å². The van der Waals surface area contributed by atoms with Crippen molar-refractivity contribution in [2.45, 2.75) is 6.18 Å². The summed E-state index contributed by atoms with van der Waals surface area (Å²) in [6.45, 7) is -0.267. The number of para-hydroxylation sites is 2. The second-order valence-corrected chi connectivity index (χ2v) is 5.02. The fourth-order valence-electron chi connectivity index (χ4n) is 2.32. The lowest BCUT2D eigenvalue weighted by Gasteiger charge is -2.20. The minimum absolute atomic E-state index is 0.0319. The van der Waals surface area contributed by atoms with Crippen LogP contribution in [0.1, 0.15) is 15.9 Å². The van der Waals surface area contributed by atoms with E-state index >= 15 is 0 Å². The maximum atomic E-state index is 13.0. The summed E-state index contributed by atoms with van der Waals surface area (Å²) < 4.78 is 44.2. The van der Waals surface area contributed by atoms with Crippen LogP contribution >= 0.6 is 0 Å². The quantitative estimate of drug-likeness (QED) is 0.884. The van der Waals surface area contributed by atoms with Crippen LogP contribution in [0.5, 0.6) is 5.75 Å². The number of ether oxygens (including phenoxy) is 1. The Morgan fingerprint density at radius 2 is 1.88 bits per heavy atom. The van der Waals surface area contributed by atoms with Crippen molar-refractivity contribution in [3.8, 4) is 5.75 Å². The van der Waals surface area contributed by atoms with Gasteiger partial charge in [-0.05, 0) is 24.3 Å². The highest BCUT2D eigenvalue weighted by Gasteiger charge is 2.34. The molecule has 0 saturated carbocycles. The number of rotatable bonds is 2. The van der Waals surface area contributed by atoms with E-state index in [2.05, 4.69) is 10.6 Å². The van der Waals surface area contributed by atoms with E-state index in [-0.39, 0.29) is 29.5 Å². The van der Waals surface area contributed by atoms with Crippen LogP contribution in [0.3, 0.4) is 0 Å². The molecule has 1 aliphatic rings. The number of nitrogens with one attached hydrogen (secondary N) is 2. The lowest BCUT2D eigenvalue weighted by Crippen LogP contribution is -2.27. The molecule has 2 aromatic carbocycles. The SMILES string of the molecule is O=C1COc2c(cccc2C(=O)Nc2ccccc2C(F)(F)F)N1. The number of alkyl halides is 3. The summed E-state index contributed by atoms with van der Waals surface area (Å²) in [6.07, 6.45) is -4.59. The number of carbonyl (C=O) groups excluding carboxylic acids is 2. The summed E-state index contributed by atoms with van der Waals surface area (Å²) in [5.74, 6) is -1.01. The van der Waals surface area contributed by atoms with E-state index in [1.165, 1.54) is 36.4 Å². The molecule has 124 valence electrons. The van der Waals surface area contributed by atoms with E-state index in [1.54, 1.807) is 0 Å². The molecule has 3 rings (SSSR count). The molecular formula is C16H11F3N2O3. The van der Waals surface area contributed by atoms with Crippen molar-refractivity contribution in [2.24, 2.45) is 0 Å². The van der Waals surface area contributed by atoms with E-state index in [0.29, 0.717) is 5.69 Å². The minimum atomic E-state index is -4.59. The molecule has 0 bridgehead atoms. The fourth-order valence-corrected chi connectivity index (χ4v) is 2.32. The first-order valence-corrected chi connectivity index (χ1v) is 6.89. The molecule has 8 heteroatoms. The molecule has 0 aromatic heterocycles. The number of benzene rings is 2. The maximum Gasteiger partial charge on any atom is 0.418 e. The molecule has 0 aliphatic carbocycles. The highest BCUT2D eigenvalue weighted by molar-refractivity contribution is 6.09. The van der Waals surface area contributed by atoms with Crippen molar-refractivity contribution in [1.82, 2.24) is 0 Å². The van der Waals surface area contributed by atoms with Gasteiger partial charge in [0.05, 0.1) is 22.5 Å². The number of amides is 2. The zero-order chi connectivity index (χ0) is 17.3. The van der Waals surface area contributed by atoms with Crippen LogP contribution < -0.4 is 15.4 Å². The van der Waals surface area contributed by atoms with E-state index in [4.69, 9.17) is 4.74 Å². The van der Waals surface area contributed by atoms with Gasteiger partial charge in [-0.2, -0.15) is 13.2 Å².